The van der Waals surface area contributed by atoms with E-state index in [-0.39, 0.29) is 0 Å². The van der Waals surface area contributed by atoms with Crippen LogP contribution in [0.2, 0.25) is 0 Å². The Balaban J connectivity index is 2.12. The molecule has 0 amide bonds. The van der Waals surface area contributed by atoms with Gasteiger partial charge in [0.2, 0.25) is 0 Å². The van der Waals surface area contributed by atoms with Crippen molar-refractivity contribution in [1.29, 1.82) is 0 Å². The van der Waals surface area contributed by atoms with E-state index in [9.17, 15) is 0 Å². The van der Waals surface area contributed by atoms with Crippen LogP contribution in [0.25, 0.3) is 17.1 Å². The van der Waals surface area contributed by atoms with Gasteiger partial charge in [-0.25, -0.2) is 14.6 Å². The Morgan fingerprint density at radius 2 is 2.20 bits per heavy atom. The third-order valence-electron chi connectivity index (χ3n) is 3.38. The van der Waals surface area contributed by atoms with E-state index in [4.69, 9.17) is 6.42 Å². The van der Waals surface area contributed by atoms with Gasteiger partial charge >= 0.3 is 0 Å². The molecule has 1 aliphatic rings. The molecule has 3 heterocycles. The lowest BCUT2D eigenvalue weighted by Crippen LogP contribution is -2.05. The molecule has 96 valence electrons. The van der Waals surface area contributed by atoms with Crippen LogP contribution in [0.3, 0.4) is 0 Å². The van der Waals surface area contributed by atoms with Crippen LogP contribution in [-0.2, 0) is 6.54 Å². The third-order valence-corrected chi connectivity index (χ3v) is 3.87. The van der Waals surface area contributed by atoms with E-state index in [0.29, 0.717) is 12.2 Å². The summed E-state index contributed by atoms with van der Waals surface area (Å²) in [5.74, 6) is 3.45. The van der Waals surface area contributed by atoms with Crippen molar-refractivity contribution in [2.45, 2.75) is 6.54 Å². The Morgan fingerprint density at radius 3 is 3.05 bits per heavy atom. The topological polar surface area (TPSA) is 48.5 Å². The Bertz CT molecular complexity index is 868. The lowest BCUT2D eigenvalue weighted by Gasteiger charge is -2.08. The standard InChI is InChI=1S/C14H8BrN5/c1-2-11-13-6-20-14(16-7-18-20)10-5-9(15)3-4-12(10)19(13)8-17-11/h1,3-5,7-8H,6H2. The number of imidazole rings is 1. The fraction of sp³-hybridized carbons (Fsp3) is 0.0714. The number of halogens is 1. The highest BCUT2D eigenvalue weighted by Gasteiger charge is 2.22. The summed E-state index contributed by atoms with van der Waals surface area (Å²) >= 11 is 3.50. The molecule has 0 unspecified atom stereocenters. The first-order valence-electron chi connectivity index (χ1n) is 5.99. The SMILES string of the molecule is C#Cc1ncn2c1Cn1ncnc1-c1cc(Br)ccc1-2. The number of terminal acetylenes is 1. The van der Waals surface area contributed by atoms with Gasteiger partial charge in [0.1, 0.15) is 18.3 Å². The van der Waals surface area contributed by atoms with E-state index in [1.54, 1.807) is 12.7 Å². The predicted molar refractivity (Wildman–Crippen MR) is 77.3 cm³/mol. The first-order chi connectivity index (χ1) is 9.78. The van der Waals surface area contributed by atoms with Crippen LogP contribution < -0.4 is 0 Å². The zero-order chi connectivity index (χ0) is 13.7. The van der Waals surface area contributed by atoms with E-state index in [1.165, 1.54) is 0 Å². The van der Waals surface area contributed by atoms with Crippen LogP contribution in [0.1, 0.15) is 11.4 Å². The molecule has 0 aliphatic carbocycles. The third kappa shape index (κ3) is 1.47. The highest BCUT2D eigenvalue weighted by atomic mass is 79.9. The zero-order valence-corrected chi connectivity index (χ0v) is 11.9. The van der Waals surface area contributed by atoms with E-state index in [2.05, 4.69) is 36.9 Å². The minimum absolute atomic E-state index is 0.557. The number of nitrogens with zero attached hydrogens (tertiary/aromatic N) is 5. The van der Waals surface area contributed by atoms with Crippen LogP contribution >= 0.6 is 15.9 Å². The summed E-state index contributed by atoms with van der Waals surface area (Å²) in [6.07, 6.45) is 8.84. The number of hydrogen-bond donors (Lipinski definition) is 0. The van der Waals surface area contributed by atoms with Gasteiger partial charge in [-0.3, -0.25) is 4.57 Å². The molecule has 0 N–H and O–H groups in total. The molecule has 4 rings (SSSR count). The fourth-order valence-corrected chi connectivity index (χ4v) is 2.84. The quantitative estimate of drug-likeness (QED) is 0.466. The smallest absolute Gasteiger partial charge is 0.160 e. The van der Waals surface area contributed by atoms with Crippen LogP contribution in [0.15, 0.2) is 35.3 Å². The van der Waals surface area contributed by atoms with E-state index < -0.39 is 0 Å². The molecule has 0 spiro atoms. The van der Waals surface area contributed by atoms with Crippen molar-refractivity contribution in [1.82, 2.24) is 24.3 Å². The maximum Gasteiger partial charge on any atom is 0.160 e. The highest BCUT2D eigenvalue weighted by molar-refractivity contribution is 9.10. The van der Waals surface area contributed by atoms with Crippen LogP contribution in [0.4, 0.5) is 0 Å². The van der Waals surface area contributed by atoms with Crippen molar-refractivity contribution >= 4 is 15.9 Å². The van der Waals surface area contributed by atoms with Gasteiger partial charge in [-0.2, -0.15) is 5.10 Å². The van der Waals surface area contributed by atoms with Crippen molar-refractivity contribution in [3.63, 3.8) is 0 Å². The predicted octanol–water partition coefficient (Wildman–Crippen LogP) is 2.24. The molecule has 3 aromatic rings. The summed E-state index contributed by atoms with van der Waals surface area (Å²) in [6.45, 7) is 0.557. The van der Waals surface area contributed by atoms with Gasteiger partial charge in [-0.15, -0.1) is 6.42 Å². The highest BCUT2D eigenvalue weighted by Crippen LogP contribution is 2.32. The first-order valence-corrected chi connectivity index (χ1v) is 6.78. The summed E-state index contributed by atoms with van der Waals surface area (Å²) in [4.78, 5) is 8.65. The maximum atomic E-state index is 5.53. The van der Waals surface area contributed by atoms with E-state index in [1.807, 2.05) is 27.4 Å². The van der Waals surface area contributed by atoms with Crippen molar-refractivity contribution in [3.8, 4) is 29.4 Å². The average Bonchev–Trinajstić information content (AvgIpc) is 3.04. The summed E-state index contributed by atoms with van der Waals surface area (Å²) in [7, 11) is 0. The second-order valence-electron chi connectivity index (χ2n) is 4.46. The Morgan fingerprint density at radius 1 is 1.30 bits per heavy atom. The summed E-state index contributed by atoms with van der Waals surface area (Å²) in [6, 6.07) is 6.04. The summed E-state index contributed by atoms with van der Waals surface area (Å²) in [5.41, 5.74) is 3.59. The Kier molecular flexibility index (Phi) is 2.32. The summed E-state index contributed by atoms with van der Waals surface area (Å²) < 4.78 is 4.84. The Labute approximate surface area is 123 Å². The minimum Gasteiger partial charge on any atom is -0.299 e. The van der Waals surface area contributed by atoms with Gasteiger partial charge in [0.05, 0.1) is 17.9 Å². The second kappa shape index (κ2) is 4.05. The molecule has 5 nitrogen and oxygen atoms in total. The normalized spacial score (nSPS) is 12.0. The first kappa shape index (κ1) is 11.4. The monoisotopic (exact) mass is 325 g/mol. The van der Waals surface area contributed by atoms with Crippen molar-refractivity contribution in [3.05, 3.63) is 46.7 Å². The van der Waals surface area contributed by atoms with Crippen LogP contribution in [0, 0.1) is 12.3 Å². The van der Waals surface area contributed by atoms with Gasteiger partial charge in [-0.05, 0) is 24.1 Å². The van der Waals surface area contributed by atoms with Crippen molar-refractivity contribution < 1.29 is 0 Å². The molecular formula is C14H8BrN5. The lowest BCUT2D eigenvalue weighted by molar-refractivity contribution is 0.676. The molecule has 2 aromatic heterocycles. The number of rotatable bonds is 0. The molecule has 6 heteroatoms. The summed E-state index contributed by atoms with van der Waals surface area (Å²) in [5, 5.41) is 4.28. The number of hydrogen-bond acceptors (Lipinski definition) is 3. The molecule has 0 saturated heterocycles. The Hall–Kier alpha value is -2.39. The van der Waals surface area contributed by atoms with Gasteiger partial charge < -0.3 is 0 Å². The second-order valence-corrected chi connectivity index (χ2v) is 5.37. The molecule has 0 atom stereocenters. The molecule has 0 saturated carbocycles. The van der Waals surface area contributed by atoms with Crippen LogP contribution in [0.5, 0.6) is 0 Å². The van der Waals surface area contributed by atoms with Gasteiger partial charge in [0.15, 0.2) is 5.82 Å². The number of benzene rings is 1. The zero-order valence-electron chi connectivity index (χ0n) is 10.3. The van der Waals surface area contributed by atoms with Crippen molar-refractivity contribution in [2.75, 3.05) is 0 Å². The average molecular weight is 326 g/mol. The largest absolute Gasteiger partial charge is 0.299 e. The van der Waals surface area contributed by atoms with E-state index in [0.717, 1.165) is 27.2 Å². The van der Waals surface area contributed by atoms with Crippen LogP contribution in [-0.4, -0.2) is 24.3 Å². The molecule has 0 fully saturated rings. The lowest BCUT2D eigenvalue weighted by atomic mass is 10.1. The van der Waals surface area contributed by atoms with E-state index >= 15 is 0 Å². The molecule has 1 aliphatic heterocycles. The molecule has 0 radical (unpaired) electrons. The fourth-order valence-electron chi connectivity index (χ4n) is 2.48. The molecule has 0 bridgehead atoms. The maximum absolute atomic E-state index is 5.53. The van der Waals surface area contributed by atoms with Gasteiger partial charge in [0, 0.05) is 10.0 Å². The van der Waals surface area contributed by atoms with Gasteiger partial charge in [-0.1, -0.05) is 15.9 Å². The molecule has 1 aromatic carbocycles. The van der Waals surface area contributed by atoms with Crippen molar-refractivity contribution in [2.24, 2.45) is 0 Å². The minimum atomic E-state index is 0.557. The number of aromatic nitrogens is 5. The molecular weight excluding hydrogens is 318 g/mol. The van der Waals surface area contributed by atoms with Gasteiger partial charge in [0.25, 0.3) is 0 Å². The molecule has 20 heavy (non-hydrogen) atoms. The number of fused-ring (bicyclic) bond motifs is 5.